The molecule has 0 radical (unpaired) electrons. The van der Waals surface area contributed by atoms with Gasteiger partial charge in [0.25, 0.3) is 0 Å². The zero-order valence-corrected chi connectivity index (χ0v) is 17.9. The van der Waals surface area contributed by atoms with Crippen LogP contribution in [0.25, 0.3) is 10.6 Å². The van der Waals surface area contributed by atoms with Crippen molar-refractivity contribution < 1.29 is 14.4 Å². The number of rotatable bonds is 6. The number of hydrogen-bond donors (Lipinski definition) is 1. The van der Waals surface area contributed by atoms with Crippen LogP contribution in [0.15, 0.2) is 48.0 Å². The number of nitrogens with one attached hydrogen (secondary N) is 1. The van der Waals surface area contributed by atoms with Crippen molar-refractivity contribution in [1.29, 1.82) is 0 Å². The van der Waals surface area contributed by atoms with Gasteiger partial charge in [-0.15, -0.1) is 11.3 Å². The smallest absolute Gasteiger partial charge is 0.247 e. The Morgan fingerprint density at radius 1 is 1.13 bits per heavy atom. The van der Waals surface area contributed by atoms with E-state index < -0.39 is 6.04 Å². The third-order valence-corrected chi connectivity index (χ3v) is 6.50. The first-order valence-electron chi connectivity index (χ1n) is 10.3. The number of hydrogen-bond acceptors (Lipinski definition) is 5. The van der Waals surface area contributed by atoms with E-state index in [0.717, 1.165) is 10.6 Å². The van der Waals surface area contributed by atoms with Crippen LogP contribution in [-0.4, -0.2) is 33.6 Å². The summed E-state index contributed by atoms with van der Waals surface area (Å²) in [5.41, 5.74) is 1.61. The third kappa shape index (κ3) is 3.94. The average Bonchev–Trinajstić information content (AvgIpc) is 3.35. The fourth-order valence-corrected chi connectivity index (χ4v) is 4.84. The predicted molar refractivity (Wildman–Crippen MR) is 117 cm³/mol. The lowest BCUT2D eigenvalue weighted by atomic mass is 9.85. The molecule has 2 heterocycles. The minimum absolute atomic E-state index is 0.161. The molecule has 3 atom stereocenters. The van der Waals surface area contributed by atoms with Gasteiger partial charge in [-0.2, -0.15) is 0 Å². The van der Waals surface area contributed by atoms with E-state index in [9.17, 15) is 14.4 Å². The first-order chi connectivity index (χ1) is 14.5. The summed E-state index contributed by atoms with van der Waals surface area (Å²) in [4.78, 5) is 44.7. The van der Waals surface area contributed by atoms with Gasteiger partial charge in [0, 0.05) is 22.8 Å². The summed E-state index contributed by atoms with van der Waals surface area (Å²) in [6.45, 7) is 3.98. The summed E-state index contributed by atoms with van der Waals surface area (Å²) in [6, 6.07) is 6.64. The molecule has 3 amide bonds. The van der Waals surface area contributed by atoms with Gasteiger partial charge < -0.3 is 5.32 Å². The van der Waals surface area contributed by atoms with E-state index in [1.807, 2.05) is 55.6 Å². The maximum atomic E-state index is 13.2. The molecular weight excluding hydrogens is 398 g/mol. The lowest BCUT2D eigenvalue weighted by Gasteiger charge is -2.27. The Kier molecular flexibility index (Phi) is 5.81. The molecule has 1 aliphatic carbocycles. The van der Waals surface area contributed by atoms with Crippen LogP contribution in [0.1, 0.15) is 33.1 Å². The number of likely N-dealkylation sites (tertiary alicyclic amines) is 1. The fourth-order valence-electron chi connectivity index (χ4n) is 4.20. The van der Waals surface area contributed by atoms with Crippen LogP contribution in [0.3, 0.4) is 0 Å². The first kappa shape index (κ1) is 20.5. The van der Waals surface area contributed by atoms with Crippen LogP contribution in [0.5, 0.6) is 0 Å². The van der Waals surface area contributed by atoms with Gasteiger partial charge in [0.05, 0.1) is 11.8 Å². The van der Waals surface area contributed by atoms with Crippen molar-refractivity contribution in [3.05, 3.63) is 48.0 Å². The van der Waals surface area contributed by atoms with Gasteiger partial charge in [0.2, 0.25) is 17.7 Å². The minimum Gasteiger partial charge on any atom is -0.324 e. The van der Waals surface area contributed by atoms with Gasteiger partial charge in [-0.25, -0.2) is 4.98 Å². The number of aromatic nitrogens is 1. The molecule has 7 heteroatoms. The lowest BCUT2D eigenvalue weighted by molar-refractivity contribution is -0.147. The second-order valence-electron chi connectivity index (χ2n) is 8.25. The summed E-state index contributed by atoms with van der Waals surface area (Å²) < 4.78 is 0. The number of imide groups is 1. The van der Waals surface area contributed by atoms with E-state index >= 15 is 0 Å². The number of carbonyl (C=O) groups is 3. The SMILES string of the molecule is CC(C)CC(C(=O)Nc1ccc(-c2nccs2)cc1)N1C(=O)C2CC=CCC2C1=O. The van der Waals surface area contributed by atoms with Crippen LogP contribution in [-0.2, 0) is 14.4 Å². The molecule has 156 valence electrons. The number of fused-ring (bicyclic) bond motifs is 1. The average molecular weight is 424 g/mol. The number of benzene rings is 1. The summed E-state index contributed by atoms with van der Waals surface area (Å²) in [6.07, 6.45) is 7.24. The van der Waals surface area contributed by atoms with E-state index in [-0.39, 0.29) is 35.5 Å². The highest BCUT2D eigenvalue weighted by Gasteiger charge is 2.51. The number of amides is 3. The predicted octanol–water partition coefficient (Wildman–Crippen LogP) is 4.11. The highest BCUT2D eigenvalue weighted by Crippen LogP contribution is 2.37. The zero-order valence-electron chi connectivity index (χ0n) is 17.1. The second kappa shape index (κ2) is 8.52. The fraction of sp³-hybridized carbons (Fsp3) is 0.391. The Bertz CT molecular complexity index is 940. The minimum atomic E-state index is -0.797. The molecule has 1 N–H and O–H groups in total. The van der Waals surface area contributed by atoms with Crippen molar-refractivity contribution in [3.63, 3.8) is 0 Å². The first-order valence-corrected chi connectivity index (χ1v) is 11.2. The number of allylic oxidation sites excluding steroid dienone is 2. The summed E-state index contributed by atoms with van der Waals surface area (Å²) in [5, 5.41) is 5.73. The van der Waals surface area contributed by atoms with Crippen LogP contribution in [0, 0.1) is 17.8 Å². The van der Waals surface area contributed by atoms with Crippen LogP contribution < -0.4 is 5.32 Å². The molecule has 30 heavy (non-hydrogen) atoms. The Morgan fingerprint density at radius 3 is 2.30 bits per heavy atom. The van der Waals surface area contributed by atoms with Crippen LogP contribution in [0.4, 0.5) is 5.69 Å². The third-order valence-electron chi connectivity index (χ3n) is 5.68. The van der Waals surface area contributed by atoms with Crippen molar-refractivity contribution in [1.82, 2.24) is 9.88 Å². The van der Waals surface area contributed by atoms with Gasteiger partial charge in [0.15, 0.2) is 0 Å². The van der Waals surface area contributed by atoms with Crippen molar-refractivity contribution in [2.45, 2.75) is 39.2 Å². The topological polar surface area (TPSA) is 79.4 Å². The molecule has 6 nitrogen and oxygen atoms in total. The Morgan fingerprint density at radius 2 is 1.77 bits per heavy atom. The molecule has 1 saturated heterocycles. The Balaban J connectivity index is 1.53. The van der Waals surface area contributed by atoms with Crippen molar-refractivity contribution in [2.75, 3.05) is 5.32 Å². The molecule has 1 aromatic heterocycles. The molecule has 2 aromatic rings. The van der Waals surface area contributed by atoms with E-state index in [4.69, 9.17) is 0 Å². The van der Waals surface area contributed by atoms with Gasteiger partial charge in [0.1, 0.15) is 11.0 Å². The highest BCUT2D eigenvalue weighted by atomic mass is 32.1. The maximum Gasteiger partial charge on any atom is 0.247 e. The molecular formula is C23H25N3O3S. The van der Waals surface area contributed by atoms with Gasteiger partial charge >= 0.3 is 0 Å². The molecule has 1 fully saturated rings. The number of carbonyl (C=O) groups excluding carboxylic acids is 3. The number of anilines is 1. The number of thiazole rings is 1. The maximum absolute atomic E-state index is 13.2. The molecule has 1 aliphatic heterocycles. The van der Waals surface area contributed by atoms with E-state index in [1.165, 1.54) is 4.90 Å². The van der Waals surface area contributed by atoms with Gasteiger partial charge in [-0.05, 0) is 49.4 Å². The van der Waals surface area contributed by atoms with E-state index in [2.05, 4.69) is 10.3 Å². The molecule has 0 bridgehead atoms. The van der Waals surface area contributed by atoms with Gasteiger partial charge in [-0.3, -0.25) is 19.3 Å². The highest BCUT2D eigenvalue weighted by molar-refractivity contribution is 7.13. The molecule has 0 saturated carbocycles. The Hall–Kier alpha value is -2.80. The van der Waals surface area contributed by atoms with E-state index in [1.54, 1.807) is 17.5 Å². The molecule has 1 aromatic carbocycles. The zero-order chi connectivity index (χ0) is 21.3. The molecule has 0 spiro atoms. The van der Waals surface area contributed by atoms with Crippen molar-refractivity contribution in [3.8, 4) is 10.6 Å². The second-order valence-corrected chi connectivity index (χ2v) is 9.15. The quantitative estimate of drug-likeness (QED) is 0.560. The van der Waals surface area contributed by atoms with E-state index in [0.29, 0.717) is 24.9 Å². The molecule has 2 aliphatic rings. The standard InChI is InChI=1S/C23H25N3O3S/c1-14(2)13-19(26-22(28)17-5-3-4-6-18(17)23(26)29)20(27)25-16-9-7-15(8-10-16)21-24-11-12-30-21/h3-4,7-12,14,17-19H,5-6,13H2,1-2H3,(H,25,27). The largest absolute Gasteiger partial charge is 0.324 e. The normalized spacial score (nSPS) is 21.8. The Labute approximate surface area is 180 Å². The molecule has 3 unspecified atom stereocenters. The lowest BCUT2D eigenvalue weighted by Crippen LogP contribution is -2.48. The summed E-state index contributed by atoms with van der Waals surface area (Å²) >= 11 is 1.55. The van der Waals surface area contributed by atoms with Crippen LogP contribution >= 0.6 is 11.3 Å². The van der Waals surface area contributed by atoms with Crippen LogP contribution in [0.2, 0.25) is 0 Å². The molecule has 4 rings (SSSR count). The summed E-state index contributed by atoms with van der Waals surface area (Å²) in [5.74, 6) is -1.25. The van der Waals surface area contributed by atoms with Crippen molar-refractivity contribution >= 4 is 34.7 Å². The summed E-state index contributed by atoms with van der Waals surface area (Å²) in [7, 11) is 0. The van der Waals surface area contributed by atoms with Gasteiger partial charge in [-0.1, -0.05) is 26.0 Å². The monoisotopic (exact) mass is 423 g/mol. The van der Waals surface area contributed by atoms with Crippen molar-refractivity contribution in [2.24, 2.45) is 17.8 Å². The number of nitrogens with zero attached hydrogens (tertiary/aromatic N) is 2.